The van der Waals surface area contributed by atoms with Crippen molar-refractivity contribution in [2.24, 2.45) is 5.92 Å². The van der Waals surface area contributed by atoms with E-state index in [1.165, 1.54) is 0 Å². The fourth-order valence-electron chi connectivity index (χ4n) is 3.96. The van der Waals surface area contributed by atoms with E-state index in [0.29, 0.717) is 38.2 Å². The van der Waals surface area contributed by atoms with Gasteiger partial charge in [0.05, 0.1) is 6.10 Å². The normalized spacial score (nSPS) is 21.9. The van der Waals surface area contributed by atoms with E-state index < -0.39 is 6.10 Å². The molecule has 7 nitrogen and oxygen atoms in total. The Labute approximate surface area is 164 Å². The number of nitrogens with zero attached hydrogens (tertiary/aromatic N) is 3. The zero-order valence-corrected chi connectivity index (χ0v) is 15.8. The van der Waals surface area contributed by atoms with Gasteiger partial charge in [-0.3, -0.25) is 14.7 Å². The van der Waals surface area contributed by atoms with Crippen molar-refractivity contribution in [2.75, 3.05) is 31.1 Å². The summed E-state index contributed by atoms with van der Waals surface area (Å²) in [6.45, 7) is 3.95. The number of aromatic nitrogens is 1. The Morgan fingerprint density at radius 3 is 2.75 bits per heavy atom. The smallest absolute Gasteiger partial charge is 0.322 e. The number of likely N-dealkylation sites (tertiary alicyclic amines) is 1. The highest BCUT2D eigenvalue weighted by Crippen LogP contribution is 2.27. The number of hydrogen-bond acceptors (Lipinski definition) is 4. The topological polar surface area (TPSA) is 85.8 Å². The van der Waals surface area contributed by atoms with Gasteiger partial charge in [-0.05, 0) is 48.7 Å². The first-order valence-corrected chi connectivity index (χ1v) is 9.55. The van der Waals surface area contributed by atoms with E-state index in [4.69, 9.17) is 0 Å². The number of nitrogens with one attached hydrogen (secondary N) is 1. The standard InChI is InChI=1S/C21H24N4O3/c1-14-2-3-16(11-18(14)25-9-8-23-21(25)28)20(27)24-12-17(19(26)13-24)10-15-4-6-22-7-5-15/h2-7,11,17,19,26H,8-10,12-13H2,1H3,(H,23,28)/t17-,19-/m1/s1. The maximum absolute atomic E-state index is 13.0. The number of rotatable bonds is 4. The summed E-state index contributed by atoms with van der Waals surface area (Å²) in [7, 11) is 0. The Morgan fingerprint density at radius 2 is 2.04 bits per heavy atom. The van der Waals surface area contributed by atoms with Crippen LogP contribution in [0.3, 0.4) is 0 Å². The van der Waals surface area contributed by atoms with E-state index in [1.54, 1.807) is 34.3 Å². The molecule has 3 amide bonds. The molecule has 146 valence electrons. The number of hydrogen-bond donors (Lipinski definition) is 2. The summed E-state index contributed by atoms with van der Waals surface area (Å²) in [4.78, 5) is 32.4. The maximum Gasteiger partial charge on any atom is 0.322 e. The molecular weight excluding hydrogens is 356 g/mol. The third-order valence-electron chi connectivity index (χ3n) is 5.54. The van der Waals surface area contributed by atoms with Crippen LogP contribution >= 0.6 is 0 Å². The summed E-state index contributed by atoms with van der Waals surface area (Å²) < 4.78 is 0. The van der Waals surface area contributed by atoms with Crippen molar-refractivity contribution in [2.45, 2.75) is 19.4 Å². The predicted octanol–water partition coefficient (Wildman–Crippen LogP) is 1.60. The second-order valence-corrected chi connectivity index (χ2v) is 7.48. The second-order valence-electron chi connectivity index (χ2n) is 7.48. The van der Waals surface area contributed by atoms with E-state index in [1.807, 2.05) is 25.1 Å². The fraction of sp³-hybridized carbons (Fsp3) is 0.381. The Balaban J connectivity index is 1.49. The molecule has 2 fully saturated rings. The predicted molar refractivity (Wildman–Crippen MR) is 105 cm³/mol. The molecule has 0 unspecified atom stereocenters. The molecule has 0 bridgehead atoms. The molecule has 0 radical (unpaired) electrons. The van der Waals surface area contributed by atoms with Crippen molar-refractivity contribution in [3.05, 3.63) is 59.4 Å². The lowest BCUT2D eigenvalue weighted by molar-refractivity contribution is 0.0764. The molecule has 7 heteroatoms. The summed E-state index contributed by atoms with van der Waals surface area (Å²) in [6.07, 6.45) is 3.64. The number of aliphatic hydroxyl groups is 1. The average Bonchev–Trinajstić information content (AvgIpc) is 3.28. The van der Waals surface area contributed by atoms with Gasteiger partial charge < -0.3 is 15.3 Å². The van der Waals surface area contributed by atoms with Crippen molar-refractivity contribution in [1.82, 2.24) is 15.2 Å². The van der Waals surface area contributed by atoms with Crippen molar-refractivity contribution < 1.29 is 14.7 Å². The van der Waals surface area contributed by atoms with Gasteiger partial charge in [0.15, 0.2) is 0 Å². The summed E-state index contributed by atoms with van der Waals surface area (Å²) in [5.41, 5.74) is 3.35. The van der Waals surface area contributed by atoms with Gasteiger partial charge in [0.25, 0.3) is 5.91 Å². The van der Waals surface area contributed by atoms with Crippen molar-refractivity contribution in [1.29, 1.82) is 0 Å². The van der Waals surface area contributed by atoms with Crippen LogP contribution in [-0.4, -0.2) is 59.2 Å². The molecule has 2 aliphatic heterocycles. The quantitative estimate of drug-likeness (QED) is 0.844. The molecule has 1 aromatic heterocycles. The number of aliphatic hydroxyl groups excluding tert-OH is 1. The van der Waals surface area contributed by atoms with Gasteiger partial charge in [-0.25, -0.2) is 4.79 Å². The van der Waals surface area contributed by atoms with E-state index >= 15 is 0 Å². The number of carbonyl (C=O) groups excluding carboxylic acids is 2. The number of β-amino-alcohol motifs (C(OH)–C–C–N with tert-alkyl or cyclic N) is 1. The van der Waals surface area contributed by atoms with Crippen LogP contribution in [0.1, 0.15) is 21.5 Å². The summed E-state index contributed by atoms with van der Waals surface area (Å²) in [5.74, 6) is -0.113. The molecule has 0 spiro atoms. The molecule has 0 saturated carbocycles. The van der Waals surface area contributed by atoms with E-state index in [9.17, 15) is 14.7 Å². The lowest BCUT2D eigenvalue weighted by atomic mass is 9.97. The lowest BCUT2D eigenvalue weighted by Gasteiger charge is -2.20. The van der Waals surface area contributed by atoms with Gasteiger partial charge in [-0.15, -0.1) is 0 Å². The highest BCUT2D eigenvalue weighted by Gasteiger charge is 2.34. The molecule has 2 N–H and O–H groups in total. The minimum atomic E-state index is -0.550. The molecule has 4 rings (SSSR count). The fourth-order valence-corrected chi connectivity index (χ4v) is 3.96. The molecule has 2 atom stereocenters. The Morgan fingerprint density at radius 1 is 1.25 bits per heavy atom. The molecule has 28 heavy (non-hydrogen) atoms. The number of amides is 3. The van der Waals surface area contributed by atoms with Crippen LogP contribution in [0, 0.1) is 12.8 Å². The molecule has 2 aromatic rings. The van der Waals surface area contributed by atoms with E-state index in [2.05, 4.69) is 10.3 Å². The van der Waals surface area contributed by atoms with Gasteiger partial charge in [-0.2, -0.15) is 0 Å². The maximum atomic E-state index is 13.0. The van der Waals surface area contributed by atoms with Crippen LogP contribution in [0.15, 0.2) is 42.7 Å². The highest BCUT2D eigenvalue weighted by atomic mass is 16.3. The van der Waals surface area contributed by atoms with Crippen molar-refractivity contribution in [3.63, 3.8) is 0 Å². The number of pyridine rings is 1. The molecule has 0 aliphatic carbocycles. The zero-order valence-electron chi connectivity index (χ0n) is 15.8. The average molecular weight is 380 g/mol. The third-order valence-corrected chi connectivity index (χ3v) is 5.54. The molecule has 2 saturated heterocycles. The largest absolute Gasteiger partial charge is 0.391 e. The van der Waals surface area contributed by atoms with Crippen molar-refractivity contribution >= 4 is 17.6 Å². The Kier molecular flexibility index (Phi) is 5.00. The van der Waals surface area contributed by atoms with Crippen LogP contribution in [-0.2, 0) is 6.42 Å². The van der Waals surface area contributed by atoms with E-state index in [-0.39, 0.29) is 17.9 Å². The van der Waals surface area contributed by atoms with Crippen LogP contribution in [0.2, 0.25) is 0 Å². The third kappa shape index (κ3) is 3.57. The van der Waals surface area contributed by atoms with Crippen LogP contribution in [0.4, 0.5) is 10.5 Å². The minimum absolute atomic E-state index is 0.000582. The number of aryl methyl sites for hydroxylation is 1. The van der Waals surface area contributed by atoms with Crippen LogP contribution in [0.25, 0.3) is 0 Å². The molecular formula is C21H24N4O3. The highest BCUT2D eigenvalue weighted by molar-refractivity contribution is 5.99. The van der Waals surface area contributed by atoms with Gasteiger partial charge >= 0.3 is 6.03 Å². The summed E-state index contributed by atoms with van der Waals surface area (Å²) in [6, 6.07) is 9.18. The lowest BCUT2D eigenvalue weighted by Crippen LogP contribution is -2.31. The first-order valence-electron chi connectivity index (χ1n) is 9.55. The SMILES string of the molecule is Cc1ccc(C(=O)N2C[C@@H](Cc3ccncc3)[C@H](O)C2)cc1N1CCNC1=O. The van der Waals surface area contributed by atoms with Crippen LogP contribution in [0.5, 0.6) is 0 Å². The monoisotopic (exact) mass is 380 g/mol. The first-order chi connectivity index (χ1) is 13.5. The second kappa shape index (κ2) is 7.59. The van der Waals surface area contributed by atoms with Gasteiger partial charge in [0, 0.05) is 55.7 Å². The van der Waals surface area contributed by atoms with Gasteiger partial charge in [-0.1, -0.05) is 6.07 Å². The number of carbonyl (C=O) groups is 2. The molecule has 3 heterocycles. The van der Waals surface area contributed by atoms with Crippen LogP contribution < -0.4 is 10.2 Å². The van der Waals surface area contributed by atoms with E-state index in [0.717, 1.165) is 16.8 Å². The number of anilines is 1. The molecule has 1 aromatic carbocycles. The summed E-state index contributed by atoms with van der Waals surface area (Å²) >= 11 is 0. The Hall–Kier alpha value is -2.93. The minimum Gasteiger partial charge on any atom is -0.391 e. The van der Waals surface area contributed by atoms with Crippen molar-refractivity contribution in [3.8, 4) is 0 Å². The Bertz CT molecular complexity index is 886. The number of benzene rings is 1. The summed E-state index contributed by atoms with van der Waals surface area (Å²) in [5, 5.41) is 13.2. The number of urea groups is 1. The van der Waals surface area contributed by atoms with Gasteiger partial charge in [0.2, 0.25) is 0 Å². The van der Waals surface area contributed by atoms with Gasteiger partial charge in [0.1, 0.15) is 0 Å². The zero-order chi connectivity index (χ0) is 19.7. The first kappa shape index (κ1) is 18.4. The molecule has 2 aliphatic rings.